The van der Waals surface area contributed by atoms with Gasteiger partial charge in [-0.2, -0.15) is 0 Å². The van der Waals surface area contributed by atoms with Crippen LogP contribution in [0.4, 0.5) is 15.9 Å². The van der Waals surface area contributed by atoms with Gasteiger partial charge in [0.25, 0.3) is 0 Å². The molecule has 1 aromatic carbocycles. The van der Waals surface area contributed by atoms with Crippen molar-refractivity contribution >= 4 is 22.5 Å². The molecule has 1 saturated carbocycles. The number of anilines is 2. The van der Waals surface area contributed by atoms with Gasteiger partial charge in [0.1, 0.15) is 23.6 Å². The van der Waals surface area contributed by atoms with Gasteiger partial charge in [-0.15, -0.1) is 0 Å². The molecule has 4 rings (SSSR count). The molecule has 0 bridgehead atoms. The zero-order chi connectivity index (χ0) is 14.6. The second-order valence-electron chi connectivity index (χ2n) is 5.38. The largest absolute Gasteiger partial charge is 0.396 e. The maximum Gasteiger partial charge on any atom is 0.146 e. The summed E-state index contributed by atoms with van der Waals surface area (Å²) in [5, 5.41) is 0.772. The van der Waals surface area contributed by atoms with Gasteiger partial charge >= 0.3 is 0 Å². The van der Waals surface area contributed by atoms with E-state index in [4.69, 9.17) is 11.5 Å². The highest BCUT2D eigenvalue weighted by molar-refractivity contribution is 6.00. The normalized spacial score (nSPS) is 14.7. The Bertz CT molecular complexity index is 851. The Hall–Kier alpha value is -2.63. The van der Waals surface area contributed by atoms with E-state index in [0.29, 0.717) is 11.9 Å². The lowest BCUT2D eigenvalue weighted by atomic mass is 10.1. The average molecular weight is 283 g/mol. The number of halogens is 1. The molecule has 5 nitrogen and oxygen atoms in total. The van der Waals surface area contributed by atoms with E-state index in [2.05, 4.69) is 14.5 Å². The van der Waals surface area contributed by atoms with E-state index >= 15 is 0 Å². The highest BCUT2D eigenvalue weighted by Gasteiger charge is 2.27. The molecule has 1 aliphatic carbocycles. The van der Waals surface area contributed by atoms with Crippen molar-refractivity contribution in [1.29, 1.82) is 0 Å². The molecule has 0 spiro atoms. The summed E-state index contributed by atoms with van der Waals surface area (Å²) in [5.41, 5.74) is 14.1. The van der Waals surface area contributed by atoms with E-state index in [9.17, 15) is 4.39 Å². The van der Waals surface area contributed by atoms with Crippen molar-refractivity contribution in [1.82, 2.24) is 14.5 Å². The smallest absolute Gasteiger partial charge is 0.146 e. The summed E-state index contributed by atoms with van der Waals surface area (Å²) in [7, 11) is 0. The van der Waals surface area contributed by atoms with Gasteiger partial charge in [0.05, 0.1) is 11.1 Å². The summed E-state index contributed by atoms with van der Waals surface area (Å²) >= 11 is 0. The van der Waals surface area contributed by atoms with Crippen LogP contribution in [0.1, 0.15) is 18.9 Å². The zero-order valence-electron chi connectivity index (χ0n) is 11.3. The van der Waals surface area contributed by atoms with E-state index in [1.165, 1.54) is 12.4 Å². The van der Waals surface area contributed by atoms with E-state index in [-0.39, 0.29) is 5.69 Å². The van der Waals surface area contributed by atoms with Gasteiger partial charge in [-0.1, -0.05) is 6.07 Å². The first-order chi connectivity index (χ1) is 10.1. The van der Waals surface area contributed by atoms with Crippen LogP contribution in [0.25, 0.3) is 22.2 Å². The van der Waals surface area contributed by atoms with Crippen LogP contribution in [0.3, 0.4) is 0 Å². The Kier molecular flexibility index (Phi) is 2.42. The molecule has 1 aliphatic rings. The highest BCUT2D eigenvalue weighted by Crippen LogP contribution is 2.42. The topological polar surface area (TPSA) is 82.8 Å². The van der Waals surface area contributed by atoms with Crippen LogP contribution < -0.4 is 11.5 Å². The number of benzene rings is 1. The number of hydrogen-bond acceptors (Lipinski definition) is 4. The minimum Gasteiger partial charge on any atom is -0.396 e. The molecule has 3 aromatic rings. The van der Waals surface area contributed by atoms with Crippen molar-refractivity contribution in [2.24, 2.45) is 0 Å². The third-order valence-corrected chi connectivity index (χ3v) is 3.89. The van der Waals surface area contributed by atoms with Gasteiger partial charge in [-0.25, -0.2) is 14.4 Å². The minimum absolute atomic E-state index is 0.133. The number of nitrogens with two attached hydrogens (primary N) is 2. The summed E-state index contributed by atoms with van der Waals surface area (Å²) in [6.45, 7) is 0. The minimum atomic E-state index is -0.435. The van der Waals surface area contributed by atoms with Gasteiger partial charge < -0.3 is 16.0 Å². The van der Waals surface area contributed by atoms with Crippen molar-refractivity contribution in [3.05, 3.63) is 36.5 Å². The summed E-state index contributed by atoms with van der Waals surface area (Å²) in [6, 6.07) is 5.23. The van der Waals surface area contributed by atoms with Crippen LogP contribution in [-0.4, -0.2) is 14.5 Å². The summed E-state index contributed by atoms with van der Waals surface area (Å²) in [5.74, 6) is -0.0260. The zero-order valence-corrected chi connectivity index (χ0v) is 11.3. The number of hydrogen-bond donors (Lipinski definition) is 2. The van der Waals surface area contributed by atoms with Crippen LogP contribution in [-0.2, 0) is 0 Å². The van der Waals surface area contributed by atoms with E-state index < -0.39 is 5.82 Å². The lowest BCUT2D eigenvalue weighted by molar-refractivity contribution is 0.633. The fourth-order valence-corrected chi connectivity index (χ4v) is 2.65. The molecule has 6 heteroatoms. The van der Waals surface area contributed by atoms with E-state index in [0.717, 1.165) is 35.0 Å². The third-order valence-electron chi connectivity index (χ3n) is 3.89. The van der Waals surface area contributed by atoms with Crippen LogP contribution in [0.5, 0.6) is 0 Å². The van der Waals surface area contributed by atoms with Gasteiger partial charge in [-0.05, 0) is 30.5 Å². The van der Waals surface area contributed by atoms with Crippen molar-refractivity contribution < 1.29 is 4.39 Å². The Morgan fingerprint density at radius 1 is 1.19 bits per heavy atom. The number of nitrogens with zero attached hydrogens (tertiary/aromatic N) is 3. The fraction of sp³-hybridized carbons (Fsp3) is 0.200. The lowest BCUT2D eigenvalue weighted by Gasteiger charge is -2.03. The van der Waals surface area contributed by atoms with Gasteiger partial charge in [0.2, 0.25) is 0 Å². The first kappa shape index (κ1) is 12.1. The fourth-order valence-electron chi connectivity index (χ4n) is 2.65. The summed E-state index contributed by atoms with van der Waals surface area (Å²) < 4.78 is 15.9. The predicted octanol–water partition coefficient (Wildman–Crippen LogP) is 2.74. The molecule has 0 saturated heterocycles. The Morgan fingerprint density at radius 2 is 2.00 bits per heavy atom. The van der Waals surface area contributed by atoms with Crippen LogP contribution in [0.15, 0.2) is 30.7 Å². The molecule has 2 heterocycles. The van der Waals surface area contributed by atoms with Crippen molar-refractivity contribution in [3.63, 3.8) is 0 Å². The standard InChI is InChI=1S/C15H14FN5/c16-11-5-8(1-4-12(11)17)10-6-21(9-2-3-9)15-13(10)14(18)19-7-20-15/h1,4-7,9H,2-3,17H2,(H2,18,19,20). The Labute approximate surface area is 120 Å². The number of fused-ring (bicyclic) bond motifs is 1. The van der Waals surface area contributed by atoms with E-state index in [1.807, 2.05) is 6.20 Å². The average Bonchev–Trinajstić information content (AvgIpc) is 3.23. The second-order valence-corrected chi connectivity index (χ2v) is 5.38. The van der Waals surface area contributed by atoms with Crippen LogP contribution >= 0.6 is 0 Å². The third kappa shape index (κ3) is 1.83. The molecular formula is C15H14FN5. The van der Waals surface area contributed by atoms with Crippen LogP contribution in [0, 0.1) is 5.82 Å². The molecular weight excluding hydrogens is 269 g/mol. The summed E-state index contributed by atoms with van der Waals surface area (Å²) in [4.78, 5) is 8.40. The van der Waals surface area contributed by atoms with Crippen molar-refractivity contribution in [2.75, 3.05) is 11.5 Å². The monoisotopic (exact) mass is 283 g/mol. The molecule has 4 N–H and O–H groups in total. The summed E-state index contributed by atoms with van der Waals surface area (Å²) in [6.07, 6.45) is 5.70. The van der Waals surface area contributed by atoms with Gasteiger partial charge in [0.15, 0.2) is 0 Å². The van der Waals surface area contributed by atoms with Crippen LogP contribution in [0.2, 0.25) is 0 Å². The van der Waals surface area contributed by atoms with Crippen molar-refractivity contribution in [3.8, 4) is 11.1 Å². The van der Waals surface area contributed by atoms with Gasteiger partial charge in [0, 0.05) is 17.8 Å². The van der Waals surface area contributed by atoms with Crippen molar-refractivity contribution in [2.45, 2.75) is 18.9 Å². The molecule has 2 aromatic heterocycles. The molecule has 0 unspecified atom stereocenters. The maximum atomic E-state index is 13.7. The van der Waals surface area contributed by atoms with Gasteiger partial charge in [-0.3, -0.25) is 0 Å². The lowest BCUT2D eigenvalue weighted by Crippen LogP contribution is -1.96. The SMILES string of the molecule is Nc1ccc(-c2cn(C3CC3)c3ncnc(N)c23)cc1F. The molecule has 1 fully saturated rings. The molecule has 21 heavy (non-hydrogen) atoms. The Balaban J connectivity index is 2.01. The molecule has 0 atom stereocenters. The quantitative estimate of drug-likeness (QED) is 0.708. The maximum absolute atomic E-state index is 13.7. The first-order valence-electron chi connectivity index (χ1n) is 6.81. The predicted molar refractivity (Wildman–Crippen MR) is 80.0 cm³/mol. The number of nitrogen functional groups attached to an aromatic ring is 2. The molecule has 106 valence electrons. The molecule has 0 radical (unpaired) electrons. The number of aromatic nitrogens is 3. The Morgan fingerprint density at radius 3 is 2.71 bits per heavy atom. The molecule has 0 aliphatic heterocycles. The second kappa shape index (κ2) is 4.18. The number of rotatable bonds is 2. The first-order valence-corrected chi connectivity index (χ1v) is 6.81. The molecule has 0 amide bonds. The van der Waals surface area contributed by atoms with E-state index in [1.54, 1.807) is 12.1 Å². The highest BCUT2D eigenvalue weighted by atomic mass is 19.1.